The van der Waals surface area contributed by atoms with Gasteiger partial charge in [0.15, 0.2) is 0 Å². The maximum atomic E-state index is 6.76. The van der Waals surface area contributed by atoms with Crippen LogP contribution < -0.4 is 4.74 Å². The maximum Gasteiger partial charge on any atom is 0.137 e. The smallest absolute Gasteiger partial charge is 0.137 e. The summed E-state index contributed by atoms with van der Waals surface area (Å²) in [6, 6.07) is 24.0. The summed E-state index contributed by atoms with van der Waals surface area (Å²) in [5.74, 6) is 3.74. The van der Waals surface area contributed by atoms with E-state index in [-0.39, 0.29) is 10.8 Å². The molecule has 0 N–H and O–H groups in total. The summed E-state index contributed by atoms with van der Waals surface area (Å²) in [6.45, 7) is 16.5. The standard InChI is InChI=1S/C40H42N4O/c1-26-12-11-13-33-32-16-15-30(24-34(32)44(38(26)33)36-23-28(17-18-41-36)39(2,3)4)45-31-21-27(20-29(22-31)40(5,6)7)35-25-42(8)37-14-9-10-19-43(35)37/h9-18,20-25H,19H2,1-8H3. The molecule has 0 saturated carbocycles. The molecule has 5 nitrogen and oxygen atoms in total. The molecule has 5 heteroatoms. The molecule has 4 heterocycles. The SMILES string of the molecule is Cc1cccc2c3ccc(Oc4cc(C5=CN(C)C6=CC=CCN56)cc(C(C)(C)C)c4)cc3n(-c3cc(C(C)(C)C)ccn3)c12. The molecule has 0 unspecified atom stereocenters. The van der Waals surface area contributed by atoms with Gasteiger partial charge in [-0.1, -0.05) is 71.9 Å². The van der Waals surface area contributed by atoms with Crippen LogP contribution in [-0.4, -0.2) is 32.9 Å². The molecular formula is C40H42N4O. The Balaban J connectivity index is 1.36. The zero-order valence-corrected chi connectivity index (χ0v) is 27.6. The van der Waals surface area contributed by atoms with Crippen molar-refractivity contribution in [2.75, 3.05) is 13.6 Å². The fourth-order valence-corrected chi connectivity index (χ4v) is 6.48. The molecule has 0 radical (unpaired) electrons. The molecule has 228 valence electrons. The molecule has 3 aromatic carbocycles. The van der Waals surface area contributed by atoms with Gasteiger partial charge >= 0.3 is 0 Å². The van der Waals surface area contributed by atoms with Crippen molar-refractivity contribution >= 4 is 27.5 Å². The summed E-state index contributed by atoms with van der Waals surface area (Å²) in [7, 11) is 2.11. The molecule has 7 rings (SSSR count). The van der Waals surface area contributed by atoms with E-state index in [0.717, 1.165) is 34.9 Å². The van der Waals surface area contributed by atoms with Gasteiger partial charge in [0.25, 0.3) is 0 Å². The number of hydrogen-bond acceptors (Lipinski definition) is 4. The lowest BCUT2D eigenvalue weighted by Gasteiger charge is -2.27. The van der Waals surface area contributed by atoms with Crippen LogP contribution in [0.1, 0.15) is 63.8 Å². The fourth-order valence-electron chi connectivity index (χ4n) is 6.48. The van der Waals surface area contributed by atoms with Crippen molar-refractivity contribution in [3.63, 3.8) is 0 Å². The molecular weight excluding hydrogens is 552 g/mol. The number of allylic oxidation sites excluding steroid dienone is 2. The van der Waals surface area contributed by atoms with E-state index in [0.29, 0.717) is 0 Å². The van der Waals surface area contributed by atoms with Gasteiger partial charge in [-0.25, -0.2) is 4.98 Å². The minimum Gasteiger partial charge on any atom is -0.457 e. The van der Waals surface area contributed by atoms with Crippen LogP contribution in [0.2, 0.25) is 0 Å². The van der Waals surface area contributed by atoms with Gasteiger partial charge in [0.1, 0.15) is 23.1 Å². The van der Waals surface area contributed by atoms with E-state index in [9.17, 15) is 0 Å². The normalized spacial score (nSPS) is 15.1. The number of nitrogens with zero attached hydrogens (tertiary/aromatic N) is 4. The average Bonchev–Trinajstić information content (AvgIpc) is 3.52. The van der Waals surface area contributed by atoms with E-state index in [2.05, 4.69) is 161 Å². The molecule has 0 aliphatic carbocycles. The minimum absolute atomic E-state index is 0.0140. The highest BCUT2D eigenvalue weighted by molar-refractivity contribution is 6.10. The Labute approximate surface area is 266 Å². The third kappa shape index (κ3) is 5.10. The highest BCUT2D eigenvalue weighted by atomic mass is 16.5. The predicted molar refractivity (Wildman–Crippen MR) is 187 cm³/mol. The number of fused-ring (bicyclic) bond motifs is 4. The van der Waals surface area contributed by atoms with E-state index in [1.54, 1.807) is 0 Å². The monoisotopic (exact) mass is 594 g/mol. The zero-order valence-electron chi connectivity index (χ0n) is 27.6. The van der Waals surface area contributed by atoms with E-state index in [4.69, 9.17) is 9.72 Å². The maximum absolute atomic E-state index is 6.76. The van der Waals surface area contributed by atoms with Crippen LogP contribution in [0.3, 0.4) is 0 Å². The van der Waals surface area contributed by atoms with Crippen LogP contribution in [0.25, 0.3) is 33.3 Å². The lowest BCUT2D eigenvalue weighted by Crippen LogP contribution is -2.24. The summed E-state index contributed by atoms with van der Waals surface area (Å²) in [5, 5.41) is 2.40. The molecule has 0 fully saturated rings. The van der Waals surface area contributed by atoms with Crippen molar-refractivity contribution < 1.29 is 4.74 Å². The van der Waals surface area contributed by atoms with Gasteiger partial charge in [-0.3, -0.25) is 4.57 Å². The molecule has 2 aromatic heterocycles. The van der Waals surface area contributed by atoms with Gasteiger partial charge in [0.2, 0.25) is 0 Å². The molecule has 0 spiro atoms. The Morgan fingerprint density at radius 3 is 2.38 bits per heavy atom. The Morgan fingerprint density at radius 2 is 1.60 bits per heavy atom. The van der Waals surface area contributed by atoms with Gasteiger partial charge in [-0.05, 0) is 83.0 Å². The molecule has 5 aromatic rings. The summed E-state index contributed by atoms with van der Waals surface area (Å²) in [5.41, 5.74) is 8.26. The quantitative estimate of drug-likeness (QED) is 0.207. The van der Waals surface area contributed by atoms with Crippen molar-refractivity contribution in [1.29, 1.82) is 0 Å². The molecule has 0 saturated heterocycles. The van der Waals surface area contributed by atoms with Crippen LogP contribution >= 0.6 is 0 Å². The molecule has 2 aliphatic rings. The van der Waals surface area contributed by atoms with Crippen LogP contribution in [0.4, 0.5) is 0 Å². The van der Waals surface area contributed by atoms with Crippen LogP contribution in [0.15, 0.2) is 103 Å². The van der Waals surface area contributed by atoms with Gasteiger partial charge < -0.3 is 14.5 Å². The number of hydrogen-bond donors (Lipinski definition) is 0. The van der Waals surface area contributed by atoms with Gasteiger partial charge in [-0.15, -0.1) is 0 Å². The van der Waals surface area contributed by atoms with Gasteiger partial charge in [-0.2, -0.15) is 0 Å². The first-order valence-corrected chi connectivity index (χ1v) is 15.8. The zero-order chi connectivity index (χ0) is 31.7. The predicted octanol–water partition coefficient (Wildman–Crippen LogP) is 9.83. The third-order valence-electron chi connectivity index (χ3n) is 9.02. The number of ether oxygens (including phenoxy) is 1. The Bertz CT molecular complexity index is 2060. The molecule has 0 atom stereocenters. The molecule has 0 amide bonds. The Morgan fingerprint density at radius 1 is 0.800 bits per heavy atom. The molecule has 0 bridgehead atoms. The summed E-state index contributed by atoms with van der Waals surface area (Å²) < 4.78 is 9.06. The lowest BCUT2D eigenvalue weighted by atomic mass is 9.85. The van der Waals surface area contributed by atoms with Crippen molar-refractivity contribution in [3.8, 4) is 17.3 Å². The highest BCUT2D eigenvalue weighted by Gasteiger charge is 2.28. The Kier molecular flexibility index (Phi) is 6.70. The second-order valence-electron chi connectivity index (χ2n) is 14.4. The largest absolute Gasteiger partial charge is 0.457 e. The summed E-state index contributed by atoms with van der Waals surface area (Å²) in [4.78, 5) is 9.44. The minimum atomic E-state index is -0.0443. The van der Waals surface area contributed by atoms with Crippen molar-refractivity contribution in [2.24, 2.45) is 0 Å². The molecule has 2 aliphatic heterocycles. The first kappa shape index (κ1) is 29.0. The van der Waals surface area contributed by atoms with E-state index >= 15 is 0 Å². The van der Waals surface area contributed by atoms with Crippen molar-refractivity contribution in [2.45, 2.75) is 59.3 Å². The number of rotatable bonds is 4. The summed E-state index contributed by atoms with van der Waals surface area (Å²) >= 11 is 0. The summed E-state index contributed by atoms with van der Waals surface area (Å²) in [6.07, 6.45) is 10.6. The number of aromatic nitrogens is 2. The highest BCUT2D eigenvalue weighted by Crippen LogP contribution is 2.40. The van der Waals surface area contributed by atoms with Crippen molar-refractivity contribution in [3.05, 3.63) is 125 Å². The number of pyridine rings is 1. The first-order valence-electron chi connectivity index (χ1n) is 15.8. The van der Waals surface area contributed by atoms with Gasteiger partial charge in [0, 0.05) is 48.4 Å². The van der Waals surface area contributed by atoms with E-state index in [1.807, 2.05) is 6.20 Å². The Hall–Kier alpha value is -4.77. The van der Waals surface area contributed by atoms with Crippen LogP contribution in [0, 0.1) is 6.92 Å². The van der Waals surface area contributed by atoms with E-state index < -0.39 is 0 Å². The topological polar surface area (TPSA) is 33.5 Å². The second-order valence-corrected chi connectivity index (χ2v) is 14.4. The lowest BCUT2D eigenvalue weighted by molar-refractivity contribution is 0.426. The average molecular weight is 595 g/mol. The van der Waals surface area contributed by atoms with Gasteiger partial charge in [0.05, 0.1) is 16.7 Å². The third-order valence-corrected chi connectivity index (χ3v) is 9.02. The van der Waals surface area contributed by atoms with Crippen LogP contribution in [-0.2, 0) is 10.8 Å². The number of aryl methyl sites for hydroxylation is 1. The fraction of sp³-hybridized carbons (Fsp3) is 0.275. The van der Waals surface area contributed by atoms with Crippen LogP contribution in [0.5, 0.6) is 11.5 Å². The molecule has 45 heavy (non-hydrogen) atoms. The van der Waals surface area contributed by atoms with Crippen molar-refractivity contribution in [1.82, 2.24) is 19.4 Å². The number of benzene rings is 3. The second kappa shape index (κ2) is 10.4. The first-order chi connectivity index (χ1) is 21.4. The van der Waals surface area contributed by atoms with E-state index in [1.165, 1.54) is 44.5 Å². The number of para-hydroxylation sites is 1.